The quantitative estimate of drug-likeness (QED) is 0.850. The largest absolute Gasteiger partial charge is 0.377 e. The number of nitrogens with zero attached hydrogens (tertiary/aromatic N) is 4. The lowest BCUT2D eigenvalue weighted by Crippen LogP contribution is -2.40. The van der Waals surface area contributed by atoms with Crippen LogP contribution in [-0.2, 0) is 24.3 Å². The van der Waals surface area contributed by atoms with E-state index in [1.807, 2.05) is 11.5 Å². The lowest BCUT2D eigenvalue weighted by molar-refractivity contribution is 0.0695. The van der Waals surface area contributed by atoms with Crippen LogP contribution in [0.1, 0.15) is 28.9 Å². The van der Waals surface area contributed by atoms with Gasteiger partial charge in [0.05, 0.1) is 5.02 Å². The third-order valence-electron chi connectivity index (χ3n) is 4.18. The van der Waals surface area contributed by atoms with E-state index in [9.17, 15) is 9.18 Å². The van der Waals surface area contributed by atoms with Gasteiger partial charge in [0.15, 0.2) is 5.82 Å². The SMILES string of the molecule is COCc1nnc2n1CCN(C(=O)c1ccc(F)c(Cl)c1)[C@@H](C)C2. The fourth-order valence-corrected chi connectivity index (χ4v) is 3.10. The maximum atomic E-state index is 13.3. The Morgan fingerprint density at radius 1 is 1.42 bits per heavy atom. The molecule has 128 valence electrons. The van der Waals surface area contributed by atoms with E-state index in [1.54, 1.807) is 12.0 Å². The van der Waals surface area contributed by atoms with E-state index in [1.165, 1.54) is 18.2 Å². The second kappa shape index (κ2) is 6.86. The Bertz CT molecular complexity index is 765. The summed E-state index contributed by atoms with van der Waals surface area (Å²) in [6.07, 6.45) is 0.595. The fraction of sp³-hybridized carbons (Fsp3) is 0.438. The highest BCUT2D eigenvalue weighted by Gasteiger charge is 2.28. The molecule has 0 aliphatic carbocycles. The van der Waals surface area contributed by atoms with Crippen LogP contribution in [0.4, 0.5) is 4.39 Å². The maximum Gasteiger partial charge on any atom is 0.254 e. The first-order valence-corrected chi connectivity index (χ1v) is 8.05. The maximum absolute atomic E-state index is 13.3. The average molecular weight is 353 g/mol. The first kappa shape index (κ1) is 16.9. The molecule has 1 aromatic heterocycles. The van der Waals surface area contributed by atoms with Crippen molar-refractivity contribution in [3.8, 4) is 0 Å². The number of methoxy groups -OCH3 is 1. The molecule has 6 nitrogen and oxygen atoms in total. The van der Waals surface area contributed by atoms with Crippen LogP contribution in [-0.4, -0.2) is 45.3 Å². The van der Waals surface area contributed by atoms with Crippen molar-refractivity contribution in [1.82, 2.24) is 19.7 Å². The molecule has 2 aromatic rings. The smallest absolute Gasteiger partial charge is 0.254 e. The number of carbonyl (C=O) groups excluding carboxylic acids is 1. The Balaban J connectivity index is 1.82. The van der Waals surface area contributed by atoms with Gasteiger partial charge < -0.3 is 14.2 Å². The monoisotopic (exact) mass is 352 g/mol. The number of aromatic nitrogens is 3. The number of hydrogen-bond acceptors (Lipinski definition) is 4. The van der Waals surface area contributed by atoms with E-state index < -0.39 is 5.82 Å². The summed E-state index contributed by atoms with van der Waals surface area (Å²) in [7, 11) is 1.61. The first-order chi connectivity index (χ1) is 11.5. The molecule has 2 heterocycles. The zero-order valence-corrected chi connectivity index (χ0v) is 14.3. The predicted octanol–water partition coefficient (Wildman–Crippen LogP) is 2.30. The highest BCUT2D eigenvalue weighted by atomic mass is 35.5. The number of hydrogen-bond donors (Lipinski definition) is 0. The van der Waals surface area contributed by atoms with Crippen LogP contribution in [0, 0.1) is 5.82 Å². The summed E-state index contributed by atoms with van der Waals surface area (Å²) in [4.78, 5) is 14.5. The minimum atomic E-state index is -0.535. The summed E-state index contributed by atoms with van der Waals surface area (Å²) in [5.41, 5.74) is 0.378. The van der Waals surface area contributed by atoms with E-state index >= 15 is 0 Å². The molecule has 1 aromatic carbocycles. The van der Waals surface area contributed by atoms with Crippen molar-refractivity contribution < 1.29 is 13.9 Å². The number of amides is 1. The molecular formula is C16H18ClFN4O2. The number of carbonyl (C=O) groups is 1. The van der Waals surface area contributed by atoms with Crippen molar-refractivity contribution in [2.45, 2.75) is 32.5 Å². The first-order valence-electron chi connectivity index (χ1n) is 7.67. The molecule has 0 radical (unpaired) electrons. The molecule has 24 heavy (non-hydrogen) atoms. The Morgan fingerprint density at radius 3 is 2.92 bits per heavy atom. The van der Waals surface area contributed by atoms with E-state index in [0.29, 0.717) is 31.7 Å². The zero-order valence-electron chi connectivity index (χ0n) is 13.5. The average Bonchev–Trinajstić information content (AvgIpc) is 2.84. The Morgan fingerprint density at radius 2 is 2.21 bits per heavy atom. The van der Waals surface area contributed by atoms with Gasteiger partial charge in [0.2, 0.25) is 0 Å². The van der Waals surface area contributed by atoms with Crippen molar-refractivity contribution >= 4 is 17.5 Å². The molecule has 3 rings (SSSR count). The lowest BCUT2D eigenvalue weighted by Gasteiger charge is -2.26. The normalized spacial score (nSPS) is 17.5. The molecular weight excluding hydrogens is 335 g/mol. The van der Waals surface area contributed by atoms with Gasteiger partial charge in [-0.3, -0.25) is 4.79 Å². The predicted molar refractivity (Wildman–Crippen MR) is 86.3 cm³/mol. The molecule has 1 aliphatic rings. The molecule has 0 N–H and O–H groups in total. The van der Waals surface area contributed by atoms with Crippen molar-refractivity contribution in [3.05, 3.63) is 46.3 Å². The van der Waals surface area contributed by atoms with Crippen molar-refractivity contribution in [2.75, 3.05) is 13.7 Å². The van der Waals surface area contributed by atoms with E-state index in [2.05, 4.69) is 10.2 Å². The lowest BCUT2D eigenvalue weighted by atomic mass is 10.1. The highest BCUT2D eigenvalue weighted by molar-refractivity contribution is 6.31. The number of benzene rings is 1. The van der Waals surface area contributed by atoms with Crippen LogP contribution in [0.25, 0.3) is 0 Å². The summed E-state index contributed by atoms with van der Waals surface area (Å²) in [6.45, 7) is 3.44. The van der Waals surface area contributed by atoms with Crippen LogP contribution in [0.5, 0.6) is 0 Å². The molecule has 0 spiro atoms. The third kappa shape index (κ3) is 3.14. The second-order valence-electron chi connectivity index (χ2n) is 5.80. The summed E-state index contributed by atoms with van der Waals surface area (Å²) in [5.74, 6) is 0.879. The Hall–Kier alpha value is -1.99. The fourth-order valence-electron chi connectivity index (χ4n) is 2.92. The molecule has 1 amide bonds. The minimum absolute atomic E-state index is 0.0529. The molecule has 1 aliphatic heterocycles. The summed E-state index contributed by atoms with van der Waals surface area (Å²) in [5, 5.41) is 8.29. The van der Waals surface area contributed by atoms with E-state index in [0.717, 1.165) is 11.6 Å². The van der Waals surface area contributed by atoms with Gasteiger partial charge in [-0.25, -0.2) is 4.39 Å². The van der Waals surface area contributed by atoms with Gasteiger partial charge in [-0.2, -0.15) is 0 Å². The summed E-state index contributed by atoms with van der Waals surface area (Å²) in [6, 6.07) is 3.98. The molecule has 1 atom stereocenters. The third-order valence-corrected chi connectivity index (χ3v) is 4.47. The van der Waals surface area contributed by atoms with Crippen molar-refractivity contribution in [2.24, 2.45) is 0 Å². The van der Waals surface area contributed by atoms with Crippen LogP contribution in [0.3, 0.4) is 0 Å². The number of fused-ring (bicyclic) bond motifs is 1. The second-order valence-corrected chi connectivity index (χ2v) is 6.20. The summed E-state index contributed by atoms with van der Waals surface area (Å²) >= 11 is 5.79. The van der Waals surface area contributed by atoms with E-state index in [4.69, 9.17) is 16.3 Å². The van der Waals surface area contributed by atoms with Gasteiger partial charge in [0, 0.05) is 38.2 Å². The summed E-state index contributed by atoms with van der Waals surface area (Å²) < 4.78 is 20.4. The minimum Gasteiger partial charge on any atom is -0.377 e. The van der Waals surface area contributed by atoms with Crippen molar-refractivity contribution in [1.29, 1.82) is 0 Å². The highest BCUT2D eigenvalue weighted by Crippen LogP contribution is 2.21. The number of rotatable bonds is 3. The zero-order chi connectivity index (χ0) is 17.3. The molecule has 0 saturated carbocycles. The van der Waals surface area contributed by atoms with Crippen molar-refractivity contribution in [3.63, 3.8) is 0 Å². The van der Waals surface area contributed by atoms with Crippen LogP contribution in [0.15, 0.2) is 18.2 Å². The van der Waals surface area contributed by atoms with Gasteiger partial charge in [-0.15, -0.1) is 10.2 Å². The topological polar surface area (TPSA) is 60.3 Å². The molecule has 0 unspecified atom stereocenters. The van der Waals surface area contributed by atoms with Crippen LogP contribution < -0.4 is 0 Å². The van der Waals surface area contributed by atoms with Crippen LogP contribution in [0.2, 0.25) is 5.02 Å². The number of halogens is 2. The standard InChI is InChI=1S/C16H18ClFN4O2/c1-10-7-14-19-20-15(9-24-2)22(14)6-5-21(10)16(23)11-3-4-13(18)12(17)8-11/h3-4,8,10H,5-7,9H2,1-2H3/t10-/m0/s1. The number of ether oxygens (including phenoxy) is 1. The molecule has 0 saturated heterocycles. The van der Waals surface area contributed by atoms with Gasteiger partial charge in [-0.05, 0) is 25.1 Å². The molecule has 0 bridgehead atoms. The Kier molecular flexibility index (Phi) is 4.82. The van der Waals surface area contributed by atoms with Gasteiger partial charge in [0.25, 0.3) is 5.91 Å². The molecule has 8 heteroatoms. The molecule has 0 fully saturated rings. The Labute approximate surface area is 144 Å². The van der Waals surface area contributed by atoms with Gasteiger partial charge >= 0.3 is 0 Å². The van der Waals surface area contributed by atoms with E-state index in [-0.39, 0.29) is 17.0 Å². The van der Waals surface area contributed by atoms with Crippen LogP contribution >= 0.6 is 11.6 Å². The van der Waals surface area contributed by atoms with Gasteiger partial charge in [0.1, 0.15) is 18.2 Å². The van der Waals surface area contributed by atoms with Gasteiger partial charge in [-0.1, -0.05) is 11.6 Å².